The molecule has 0 aliphatic heterocycles. The molecule has 0 radical (unpaired) electrons. The van der Waals surface area contributed by atoms with Crippen LogP contribution in [0.15, 0.2) is 0 Å². The van der Waals surface area contributed by atoms with E-state index in [1.807, 2.05) is 13.8 Å². The third-order valence-electron chi connectivity index (χ3n) is 3.20. The highest BCUT2D eigenvalue weighted by Crippen LogP contribution is 2.06. The Balaban J connectivity index is 4.73. The zero-order valence-corrected chi connectivity index (χ0v) is 12.8. The summed E-state index contributed by atoms with van der Waals surface area (Å²) in [6.45, 7) is 4.52. The number of hydrogen-bond acceptors (Lipinski definition) is 4. The minimum absolute atomic E-state index is 0.0327. The molecule has 0 spiro atoms. The van der Waals surface area contributed by atoms with Crippen LogP contribution in [0, 0.1) is 0 Å². The van der Waals surface area contributed by atoms with Crippen molar-refractivity contribution in [2.75, 3.05) is 20.3 Å². The van der Waals surface area contributed by atoms with Gasteiger partial charge in [0.25, 0.3) is 0 Å². The van der Waals surface area contributed by atoms with Gasteiger partial charge in [-0.3, -0.25) is 4.79 Å². The number of nitrogens with zero attached hydrogens (tertiary/aromatic N) is 1. The Labute approximate surface area is 124 Å². The van der Waals surface area contributed by atoms with Gasteiger partial charge in [0, 0.05) is 26.1 Å². The summed E-state index contributed by atoms with van der Waals surface area (Å²) in [6, 6.07) is -1.68. The van der Waals surface area contributed by atoms with Gasteiger partial charge in [-0.2, -0.15) is 0 Å². The molecule has 3 amide bonds. The number of primary amides is 1. The van der Waals surface area contributed by atoms with Crippen LogP contribution < -0.4 is 11.1 Å². The fraction of sp³-hybridized carbons (Fsp3) is 0.769. The molecule has 21 heavy (non-hydrogen) atoms. The van der Waals surface area contributed by atoms with Gasteiger partial charge in [0.15, 0.2) is 0 Å². The number of aliphatic carboxylic acids is 1. The lowest BCUT2D eigenvalue weighted by molar-refractivity contribution is -0.139. The van der Waals surface area contributed by atoms with Gasteiger partial charge in [-0.15, -0.1) is 0 Å². The summed E-state index contributed by atoms with van der Waals surface area (Å²) in [5, 5.41) is 11.5. The van der Waals surface area contributed by atoms with Crippen LogP contribution >= 0.6 is 0 Å². The predicted octanol–water partition coefficient (Wildman–Crippen LogP) is 0.162. The molecular formula is C13H25N3O5. The number of nitrogens with one attached hydrogen (secondary N) is 1. The predicted molar refractivity (Wildman–Crippen MR) is 76.7 cm³/mol. The van der Waals surface area contributed by atoms with Crippen molar-refractivity contribution in [3.8, 4) is 0 Å². The molecule has 2 atom stereocenters. The summed E-state index contributed by atoms with van der Waals surface area (Å²) in [7, 11) is 1.53. The number of carbonyl (C=O) groups is 3. The number of carboxylic acid groups (broad SMARTS) is 1. The highest BCUT2D eigenvalue weighted by Gasteiger charge is 2.25. The van der Waals surface area contributed by atoms with E-state index >= 15 is 0 Å². The number of carboxylic acids is 1. The molecule has 0 aromatic heterocycles. The molecule has 8 nitrogen and oxygen atoms in total. The average molecular weight is 303 g/mol. The first-order chi connectivity index (χ1) is 9.83. The van der Waals surface area contributed by atoms with E-state index in [0.29, 0.717) is 13.2 Å². The monoisotopic (exact) mass is 303 g/mol. The summed E-state index contributed by atoms with van der Waals surface area (Å²) >= 11 is 0. The van der Waals surface area contributed by atoms with Gasteiger partial charge in [-0.05, 0) is 19.8 Å². The largest absolute Gasteiger partial charge is 0.480 e. The van der Waals surface area contributed by atoms with Gasteiger partial charge >= 0.3 is 12.0 Å². The van der Waals surface area contributed by atoms with Crippen LogP contribution in [0.1, 0.15) is 33.1 Å². The van der Waals surface area contributed by atoms with Crippen LogP contribution in [-0.4, -0.2) is 60.3 Å². The molecule has 4 N–H and O–H groups in total. The molecule has 0 aliphatic rings. The van der Waals surface area contributed by atoms with Crippen molar-refractivity contribution in [3.05, 3.63) is 0 Å². The van der Waals surface area contributed by atoms with Gasteiger partial charge in [0.1, 0.15) is 6.04 Å². The lowest BCUT2D eigenvalue weighted by atomic mass is 10.1. The summed E-state index contributed by atoms with van der Waals surface area (Å²) in [6.07, 6.45) is 0.601. The van der Waals surface area contributed by atoms with E-state index in [9.17, 15) is 14.4 Å². The zero-order valence-electron chi connectivity index (χ0n) is 12.8. The van der Waals surface area contributed by atoms with Crippen LogP contribution in [0.25, 0.3) is 0 Å². The first-order valence-corrected chi connectivity index (χ1v) is 6.90. The molecule has 0 aromatic carbocycles. The summed E-state index contributed by atoms with van der Waals surface area (Å²) < 4.78 is 4.95. The van der Waals surface area contributed by atoms with Crippen LogP contribution in [-0.2, 0) is 14.3 Å². The number of amides is 3. The normalized spacial score (nSPS) is 13.3. The van der Waals surface area contributed by atoms with E-state index < -0.39 is 23.9 Å². The number of carbonyl (C=O) groups excluding carboxylic acids is 2. The van der Waals surface area contributed by atoms with Crippen molar-refractivity contribution in [1.29, 1.82) is 0 Å². The molecule has 0 saturated heterocycles. The number of rotatable bonds is 10. The third-order valence-corrected chi connectivity index (χ3v) is 3.20. The average Bonchev–Trinajstić information content (AvgIpc) is 2.42. The Hall–Kier alpha value is -1.83. The van der Waals surface area contributed by atoms with E-state index in [-0.39, 0.29) is 18.9 Å². The zero-order chi connectivity index (χ0) is 16.4. The Bertz CT molecular complexity index is 362. The summed E-state index contributed by atoms with van der Waals surface area (Å²) in [4.78, 5) is 35.6. The van der Waals surface area contributed by atoms with Gasteiger partial charge in [-0.25, -0.2) is 9.59 Å². The molecule has 0 aromatic rings. The molecule has 0 rings (SSSR count). The van der Waals surface area contributed by atoms with Crippen molar-refractivity contribution in [3.63, 3.8) is 0 Å². The topological polar surface area (TPSA) is 122 Å². The van der Waals surface area contributed by atoms with Crippen molar-refractivity contribution in [2.45, 2.75) is 45.2 Å². The molecule has 0 aliphatic carbocycles. The van der Waals surface area contributed by atoms with Gasteiger partial charge < -0.3 is 25.8 Å². The quantitative estimate of drug-likeness (QED) is 0.530. The highest BCUT2D eigenvalue weighted by atomic mass is 16.5. The molecule has 0 bridgehead atoms. The first-order valence-electron chi connectivity index (χ1n) is 6.90. The van der Waals surface area contributed by atoms with Crippen molar-refractivity contribution < 1.29 is 24.2 Å². The number of hydrogen-bond donors (Lipinski definition) is 3. The lowest BCUT2D eigenvalue weighted by Crippen LogP contribution is -2.51. The molecular weight excluding hydrogens is 278 g/mol. The van der Waals surface area contributed by atoms with Gasteiger partial charge in [0.05, 0.1) is 6.61 Å². The van der Waals surface area contributed by atoms with E-state index in [2.05, 4.69) is 5.32 Å². The Kier molecular flexibility index (Phi) is 9.11. The van der Waals surface area contributed by atoms with E-state index in [1.165, 1.54) is 12.0 Å². The van der Waals surface area contributed by atoms with Crippen LogP contribution in [0.2, 0.25) is 0 Å². The summed E-state index contributed by atoms with van der Waals surface area (Å²) in [5.74, 6) is -1.80. The molecule has 0 heterocycles. The summed E-state index contributed by atoms with van der Waals surface area (Å²) in [5.41, 5.74) is 5.00. The Morgan fingerprint density at radius 1 is 1.38 bits per heavy atom. The number of urea groups is 1. The van der Waals surface area contributed by atoms with Crippen LogP contribution in [0.4, 0.5) is 4.79 Å². The van der Waals surface area contributed by atoms with Crippen LogP contribution in [0.5, 0.6) is 0 Å². The van der Waals surface area contributed by atoms with Crippen LogP contribution in [0.3, 0.4) is 0 Å². The highest BCUT2D eigenvalue weighted by molar-refractivity contribution is 5.83. The maximum absolute atomic E-state index is 12.2. The standard InChI is InChI=1S/C13H25N3O5/c1-4-9(2)16(7-8-21-3)13(20)15-10(12(18)19)5-6-11(14)17/h9-10H,4-8H2,1-3H3,(H2,14,17)(H,15,20)(H,18,19)/t9?,10-/m0/s1. The van der Waals surface area contributed by atoms with E-state index in [4.69, 9.17) is 15.6 Å². The minimum atomic E-state index is -1.19. The Morgan fingerprint density at radius 3 is 2.43 bits per heavy atom. The lowest BCUT2D eigenvalue weighted by Gasteiger charge is -2.29. The second kappa shape index (κ2) is 9.98. The fourth-order valence-corrected chi connectivity index (χ4v) is 1.71. The van der Waals surface area contributed by atoms with E-state index in [1.54, 1.807) is 0 Å². The maximum atomic E-state index is 12.2. The van der Waals surface area contributed by atoms with Gasteiger partial charge in [-0.1, -0.05) is 6.92 Å². The van der Waals surface area contributed by atoms with Crippen molar-refractivity contribution in [1.82, 2.24) is 10.2 Å². The maximum Gasteiger partial charge on any atom is 0.326 e. The Morgan fingerprint density at radius 2 is 2.00 bits per heavy atom. The molecule has 0 fully saturated rings. The second-order valence-electron chi connectivity index (χ2n) is 4.79. The molecule has 122 valence electrons. The molecule has 8 heteroatoms. The van der Waals surface area contributed by atoms with Gasteiger partial charge in [0.2, 0.25) is 5.91 Å². The fourth-order valence-electron chi connectivity index (χ4n) is 1.71. The number of nitrogens with two attached hydrogens (primary N) is 1. The molecule has 0 saturated carbocycles. The van der Waals surface area contributed by atoms with Crippen molar-refractivity contribution >= 4 is 17.9 Å². The molecule has 1 unspecified atom stereocenters. The number of methoxy groups -OCH3 is 1. The van der Waals surface area contributed by atoms with Crippen molar-refractivity contribution in [2.24, 2.45) is 5.73 Å². The smallest absolute Gasteiger partial charge is 0.326 e. The second-order valence-corrected chi connectivity index (χ2v) is 4.79. The number of ether oxygens (including phenoxy) is 1. The third kappa shape index (κ3) is 7.50. The minimum Gasteiger partial charge on any atom is -0.480 e. The first kappa shape index (κ1) is 19.2. The van der Waals surface area contributed by atoms with E-state index in [0.717, 1.165) is 6.42 Å². The SMILES string of the molecule is CCC(C)N(CCOC)C(=O)N[C@@H](CCC(N)=O)C(=O)O.